The molecule has 3 aromatic rings. The van der Waals surface area contributed by atoms with E-state index in [9.17, 15) is 9.90 Å². The molecule has 0 aliphatic heterocycles. The van der Waals surface area contributed by atoms with Crippen molar-refractivity contribution in [2.75, 3.05) is 18.0 Å². The molecule has 3 rings (SSSR count). The van der Waals surface area contributed by atoms with Gasteiger partial charge in [-0.15, -0.1) is 0 Å². The first-order valence-electron chi connectivity index (χ1n) is 7.40. The second kappa shape index (κ2) is 6.00. The third-order valence-electron chi connectivity index (χ3n) is 3.73. The first-order chi connectivity index (χ1) is 11.0. The van der Waals surface area contributed by atoms with Gasteiger partial charge in [-0.1, -0.05) is 0 Å². The fourth-order valence-corrected chi connectivity index (χ4v) is 3.25. The van der Waals surface area contributed by atoms with E-state index in [0.717, 1.165) is 30.3 Å². The normalized spacial score (nSPS) is 11.1. The van der Waals surface area contributed by atoms with Crippen LogP contribution in [0, 0.1) is 6.92 Å². The highest BCUT2D eigenvalue weighted by Gasteiger charge is 2.19. The molecule has 1 aromatic carbocycles. The van der Waals surface area contributed by atoms with Crippen molar-refractivity contribution >= 4 is 28.2 Å². The first-order valence-corrected chi connectivity index (χ1v) is 8.18. The second-order valence-corrected chi connectivity index (χ2v) is 5.86. The van der Waals surface area contributed by atoms with Gasteiger partial charge in [0.25, 0.3) is 0 Å². The lowest BCUT2D eigenvalue weighted by Gasteiger charge is -2.21. The number of anilines is 1. The van der Waals surface area contributed by atoms with Crippen LogP contribution in [0.5, 0.6) is 5.75 Å². The molecule has 0 spiro atoms. The highest BCUT2D eigenvalue weighted by molar-refractivity contribution is 7.09. The SMILES string of the molecule is CCN(CC)c1ccc2c(O)c(-c3nc(C)ns3)c(=O)oc2c1. The molecule has 0 aliphatic carbocycles. The van der Waals surface area contributed by atoms with E-state index in [2.05, 4.69) is 28.1 Å². The van der Waals surface area contributed by atoms with E-state index >= 15 is 0 Å². The van der Waals surface area contributed by atoms with E-state index in [1.54, 1.807) is 19.1 Å². The van der Waals surface area contributed by atoms with Crippen molar-refractivity contribution < 1.29 is 9.52 Å². The molecule has 7 heteroatoms. The summed E-state index contributed by atoms with van der Waals surface area (Å²) in [6.07, 6.45) is 0. The summed E-state index contributed by atoms with van der Waals surface area (Å²) in [7, 11) is 0. The van der Waals surface area contributed by atoms with E-state index in [1.165, 1.54) is 0 Å². The summed E-state index contributed by atoms with van der Waals surface area (Å²) < 4.78 is 9.46. The Hall–Kier alpha value is -2.41. The molecular weight excluding hydrogens is 314 g/mol. The van der Waals surface area contributed by atoms with Gasteiger partial charge < -0.3 is 14.4 Å². The molecular formula is C16H17N3O3S. The Balaban J connectivity index is 2.21. The Bertz CT molecular complexity index is 913. The molecule has 2 heterocycles. The van der Waals surface area contributed by atoms with Crippen LogP contribution in [0.2, 0.25) is 0 Å². The minimum absolute atomic E-state index is 0.0682. The molecule has 0 radical (unpaired) electrons. The van der Waals surface area contributed by atoms with E-state index in [1.807, 2.05) is 6.07 Å². The van der Waals surface area contributed by atoms with Gasteiger partial charge in [-0.3, -0.25) is 0 Å². The van der Waals surface area contributed by atoms with Crippen molar-refractivity contribution in [3.8, 4) is 16.3 Å². The summed E-state index contributed by atoms with van der Waals surface area (Å²) >= 11 is 1.07. The molecule has 0 aliphatic rings. The smallest absolute Gasteiger partial charge is 0.350 e. The third-order valence-corrected chi connectivity index (χ3v) is 4.56. The van der Waals surface area contributed by atoms with Crippen molar-refractivity contribution in [1.29, 1.82) is 0 Å². The maximum absolute atomic E-state index is 12.3. The quantitative estimate of drug-likeness (QED) is 0.740. The average molecular weight is 331 g/mol. The van der Waals surface area contributed by atoms with Crippen LogP contribution in [0.4, 0.5) is 5.69 Å². The zero-order valence-electron chi connectivity index (χ0n) is 13.2. The summed E-state index contributed by atoms with van der Waals surface area (Å²) in [6, 6.07) is 5.45. The summed E-state index contributed by atoms with van der Waals surface area (Å²) in [5.41, 5.74) is 0.771. The van der Waals surface area contributed by atoms with E-state index in [4.69, 9.17) is 4.42 Å². The number of aromatic hydroxyl groups is 1. The Morgan fingerprint density at radius 2 is 2.04 bits per heavy atom. The fourth-order valence-electron chi connectivity index (χ4n) is 2.55. The summed E-state index contributed by atoms with van der Waals surface area (Å²) in [5, 5.41) is 11.4. The van der Waals surface area contributed by atoms with Gasteiger partial charge >= 0.3 is 5.63 Å². The van der Waals surface area contributed by atoms with Gasteiger partial charge in [0.15, 0.2) is 5.01 Å². The van der Waals surface area contributed by atoms with Crippen LogP contribution in [-0.4, -0.2) is 27.6 Å². The van der Waals surface area contributed by atoms with Gasteiger partial charge in [0, 0.05) is 24.8 Å². The number of nitrogens with zero attached hydrogens (tertiary/aromatic N) is 3. The van der Waals surface area contributed by atoms with Crippen molar-refractivity contribution in [2.45, 2.75) is 20.8 Å². The number of aromatic nitrogens is 2. The Kier molecular flexibility index (Phi) is 4.04. The maximum Gasteiger partial charge on any atom is 0.350 e. The Morgan fingerprint density at radius 1 is 1.30 bits per heavy atom. The highest BCUT2D eigenvalue weighted by Crippen LogP contribution is 2.35. The van der Waals surface area contributed by atoms with Crippen LogP contribution < -0.4 is 10.5 Å². The number of fused-ring (bicyclic) bond motifs is 1. The number of hydrogen-bond donors (Lipinski definition) is 1. The van der Waals surface area contributed by atoms with Gasteiger partial charge in [-0.25, -0.2) is 9.78 Å². The fraction of sp³-hybridized carbons (Fsp3) is 0.312. The molecule has 2 aromatic heterocycles. The summed E-state index contributed by atoms with van der Waals surface area (Å²) in [4.78, 5) is 18.6. The molecule has 1 N–H and O–H groups in total. The van der Waals surface area contributed by atoms with Crippen molar-refractivity contribution in [2.24, 2.45) is 0 Å². The molecule has 0 fully saturated rings. The monoisotopic (exact) mass is 331 g/mol. The zero-order valence-corrected chi connectivity index (χ0v) is 14.0. The number of rotatable bonds is 4. The summed E-state index contributed by atoms with van der Waals surface area (Å²) in [6.45, 7) is 7.54. The molecule has 120 valence electrons. The molecule has 6 nitrogen and oxygen atoms in total. The van der Waals surface area contributed by atoms with E-state index in [0.29, 0.717) is 21.8 Å². The third kappa shape index (κ3) is 2.68. The first kappa shape index (κ1) is 15.5. The predicted octanol–water partition coefficient (Wildman–Crippen LogP) is 3.17. The van der Waals surface area contributed by atoms with Crippen molar-refractivity contribution in [1.82, 2.24) is 9.36 Å². The molecule has 0 unspecified atom stereocenters. The maximum atomic E-state index is 12.3. The minimum Gasteiger partial charge on any atom is -0.506 e. The molecule has 0 atom stereocenters. The van der Waals surface area contributed by atoms with Crippen molar-refractivity contribution in [3.63, 3.8) is 0 Å². The van der Waals surface area contributed by atoms with Crippen molar-refractivity contribution in [3.05, 3.63) is 34.4 Å². The predicted molar refractivity (Wildman–Crippen MR) is 91.3 cm³/mol. The van der Waals surface area contributed by atoms with Crippen LogP contribution in [0.15, 0.2) is 27.4 Å². The van der Waals surface area contributed by atoms with Gasteiger partial charge in [0.1, 0.15) is 22.7 Å². The van der Waals surface area contributed by atoms with Gasteiger partial charge in [-0.05, 0) is 44.4 Å². The standard InChI is InChI=1S/C16H17N3O3S/c1-4-19(5-2)10-6-7-11-12(8-10)22-16(21)13(14(11)20)15-17-9(3)18-23-15/h6-8,20H,4-5H2,1-3H3. The van der Waals surface area contributed by atoms with Gasteiger partial charge in [0.2, 0.25) is 0 Å². The number of hydrogen-bond acceptors (Lipinski definition) is 7. The number of benzene rings is 1. The molecule has 0 amide bonds. The van der Waals surface area contributed by atoms with Gasteiger partial charge in [-0.2, -0.15) is 4.37 Å². The minimum atomic E-state index is -0.608. The van der Waals surface area contributed by atoms with Crippen LogP contribution in [0.3, 0.4) is 0 Å². The molecule has 0 saturated carbocycles. The van der Waals surface area contributed by atoms with Crippen LogP contribution >= 0.6 is 11.5 Å². The topological polar surface area (TPSA) is 79.5 Å². The molecule has 23 heavy (non-hydrogen) atoms. The van der Waals surface area contributed by atoms with E-state index in [-0.39, 0.29) is 11.3 Å². The Morgan fingerprint density at radius 3 is 2.65 bits per heavy atom. The van der Waals surface area contributed by atoms with Crippen LogP contribution in [0.25, 0.3) is 21.5 Å². The van der Waals surface area contributed by atoms with Gasteiger partial charge in [0.05, 0.1) is 5.39 Å². The van der Waals surface area contributed by atoms with Crippen LogP contribution in [0.1, 0.15) is 19.7 Å². The zero-order chi connectivity index (χ0) is 16.6. The second-order valence-electron chi connectivity index (χ2n) is 5.11. The molecule has 0 saturated heterocycles. The largest absolute Gasteiger partial charge is 0.506 e. The lowest BCUT2D eigenvalue weighted by atomic mass is 10.1. The number of aryl methyl sites for hydroxylation is 1. The van der Waals surface area contributed by atoms with E-state index < -0.39 is 5.63 Å². The average Bonchev–Trinajstić information content (AvgIpc) is 2.94. The Labute approximate surface area is 137 Å². The molecule has 0 bridgehead atoms. The summed E-state index contributed by atoms with van der Waals surface area (Å²) in [5.74, 6) is 0.444. The highest BCUT2D eigenvalue weighted by atomic mass is 32.1. The van der Waals surface area contributed by atoms with Crippen LogP contribution in [-0.2, 0) is 0 Å². The lowest BCUT2D eigenvalue weighted by Crippen LogP contribution is -2.21. The lowest BCUT2D eigenvalue weighted by molar-refractivity contribution is 0.471.